The maximum Gasteiger partial charge on any atom is 0.253 e. The van der Waals surface area contributed by atoms with Gasteiger partial charge in [-0.05, 0) is 0 Å². The lowest BCUT2D eigenvalue weighted by Gasteiger charge is -1.50. The zero-order valence-electron chi connectivity index (χ0n) is 2.83. The van der Waals surface area contributed by atoms with Gasteiger partial charge in [-0.1, -0.05) is 5.11 Å². The second kappa shape index (κ2) is 3.76. The molecule has 30 valence electrons. The van der Waals surface area contributed by atoms with E-state index in [1.54, 1.807) is 0 Å². The Labute approximate surface area is 34.1 Å². The van der Waals surface area contributed by atoms with Gasteiger partial charge in [0.1, 0.15) is 0 Å². The predicted molar refractivity (Wildman–Crippen MR) is 16.5 cm³/mol. The molecule has 6 heavy (non-hydrogen) atoms. The molecule has 0 atom stereocenters. The summed E-state index contributed by atoms with van der Waals surface area (Å²) in [6.07, 6.45) is 1.49. The van der Waals surface area contributed by atoms with Crippen molar-refractivity contribution in [3.8, 4) is 6.19 Å². The number of amides is 1. The van der Waals surface area contributed by atoms with Gasteiger partial charge in [-0.25, -0.2) is 0 Å². The standard InChI is InChI=1S/C2HN3O/c3-1-4-5-2-6/h2H. The van der Waals surface area contributed by atoms with Crippen LogP contribution in [0.1, 0.15) is 0 Å². The number of carbonyl (C=O) groups is 1. The fourth-order valence-electron chi connectivity index (χ4n) is 0.0494. The summed E-state index contributed by atoms with van der Waals surface area (Å²) >= 11 is 0. The molecular formula is C2HN3O. The molecule has 0 unspecified atom stereocenters. The first kappa shape index (κ1) is 4.76. The lowest BCUT2D eigenvalue weighted by Crippen LogP contribution is -1.51. The van der Waals surface area contributed by atoms with Crippen molar-refractivity contribution in [1.82, 2.24) is 0 Å². The summed E-state index contributed by atoms with van der Waals surface area (Å²) in [6, 6.07) is 0. The van der Waals surface area contributed by atoms with Gasteiger partial charge in [-0.15, -0.1) is 5.11 Å². The van der Waals surface area contributed by atoms with Crippen molar-refractivity contribution in [3.63, 3.8) is 0 Å². The van der Waals surface area contributed by atoms with Gasteiger partial charge in [-0.3, -0.25) is 4.79 Å². The van der Waals surface area contributed by atoms with Crippen LogP contribution in [0, 0.1) is 11.5 Å². The van der Waals surface area contributed by atoms with Crippen molar-refractivity contribution in [1.29, 1.82) is 5.26 Å². The first-order valence-corrected chi connectivity index (χ1v) is 1.14. The Morgan fingerprint density at radius 3 is 2.67 bits per heavy atom. The van der Waals surface area contributed by atoms with E-state index in [0.717, 1.165) is 0 Å². The third-order valence-corrected chi connectivity index (χ3v) is 0.150. The van der Waals surface area contributed by atoms with Crippen LogP contribution in [0.3, 0.4) is 0 Å². The topological polar surface area (TPSA) is 65.6 Å². The number of carbonyl (C=O) groups excluding carboxylic acids is 1. The van der Waals surface area contributed by atoms with Crippen LogP contribution in [0.5, 0.6) is 0 Å². The average molecular weight is 83.0 g/mol. The molecule has 0 heterocycles. The largest absolute Gasteiger partial charge is 0.275 e. The number of nitriles is 1. The third-order valence-electron chi connectivity index (χ3n) is 0.150. The number of azo groups is 1. The van der Waals surface area contributed by atoms with E-state index in [0.29, 0.717) is 0 Å². The van der Waals surface area contributed by atoms with E-state index in [1.807, 2.05) is 0 Å². The molecule has 4 heteroatoms. The highest BCUT2D eigenvalue weighted by atomic mass is 16.1. The Balaban J connectivity index is 3.26. The van der Waals surface area contributed by atoms with E-state index < -0.39 is 0 Å². The molecule has 0 aromatic carbocycles. The molecule has 0 radical (unpaired) electrons. The van der Waals surface area contributed by atoms with Crippen molar-refractivity contribution in [2.24, 2.45) is 10.2 Å². The molecule has 0 aliphatic carbocycles. The Morgan fingerprint density at radius 2 is 2.50 bits per heavy atom. The number of rotatable bonds is 1. The summed E-state index contributed by atoms with van der Waals surface area (Å²) < 4.78 is 0. The Morgan fingerprint density at radius 1 is 1.83 bits per heavy atom. The van der Waals surface area contributed by atoms with Crippen LogP contribution in [-0.2, 0) is 4.79 Å². The third kappa shape index (κ3) is 2.76. The SMILES string of the molecule is N#CN=NC=O. The van der Waals surface area contributed by atoms with E-state index in [-0.39, 0.29) is 6.41 Å². The first-order chi connectivity index (χ1) is 2.91. The van der Waals surface area contributed by atoms with Crippen molar-refractivity contribution in [3.05, 3.63) is 0 Å². The molecule has 4 nitrogen and oxygen atoms in total. The number of hydrogen-bond acceptors (Lipinski definition) is 3. The number of nitrogens with zero attached hydrogens (tertiary/aromatic N) is 3. The second-order valence-electron chi connectivity index (χ2n) is 0.421. The van der Waals surface area contributed by atoms with E-state index >= 15 is 0 Å². The fourth-order valence-corrected chi connectivity index (χ4v) is 0.0494. The summed E-state index contributed by atoms with van der Waals surface area (Å²) in [4.78, 5) is 9.15. The highest BCUT2D eigenvalue weighted by Gasteiger charge is 1.55. The van der Waals surface area contributed by atoms with Crippen molar-refractivity contribution in [2.75, 3.05) is 0 Å². The molecule has 1 amide bonds. The molecule has 0 aliphatic heterocycles. The Kier molecular flexibility index (Phi) is 2.98. The minimum Gasteiger partial charge on any atom is -0.275 e. The number of hydrogen-bond donors (Lipinski definition) is 0. The molecule has 0 aromatic heterocycles. The molecule has 0 N–H and O–H groups in total. The highest BCUT2D eigenvalue weighted by molar-refractivity contribution is 5.45. The summed E-state index contributed by atoms with van der Waals surface area (Å²) in [7, 11) is 0. The molecule has 0 bridgehead atoms. The smallest absolute Gasteiger partial charge is 0.253 e. The van der Waals surface area contributed by atoms with E-state index in [4.69, 9.17) is 10.1 Å². The van der Waals surface area contributed by atoms with Crippen LogP contribution in [0.15, 0.2) is 10.2 Å². The molecule has 0 spiro atoms. The summed E-state index contributed by atoms with van der Waals surface area (Å²) in [5.74, 6) is 0. The summed E-state index contributed by atoms with van der Waals surface area (Å²) in [5.41, 5.74) is 0. The van der Waals surface area contributed by atoms with Crippen LogP contribution in [0.4, 0.5) is 0 Å². The van der Waals surface area contributed by atoms with Crippen LogP contribution < -0.4 is 0 Å². The van der Waals surface area contributed by atoms with Gasteiger partial charge >= 0.3 is 0 Å². The summed E-state index contributed by atoms with van der Waals surface area (Å²) in [6.45, 7) is 0. The molecular weight excluding hydrogens is 82.0 g/mol. The quantitative estimate of drug-likeness (QED) is 0.256. The second-order valence-corrected chi connectivity index (χ2v) is 0.421. The molecule has 0 saturated carbocycles. The predicted octanol–water partition coefficient (Wildman–Crippen LogP) is 0.0761. The lowest BCUT2D eigenvalue weighted by atomic mass is 11.4. The minimum atomic E-state index is 0.198. The average Bonchev–Trinajstić information content (AvgIpc) is 1.61. The van der Waals surface area contributed by atoms with Gasteiger partial charge in [0.25, 0.3) is 6.41 Å². The van der Waals surface area contributed by atoms with Crippen LogP contribution in [-0.4, -0.2) is 6.41 Å². The van der Waals surface area contributed by atoms with Gasteiger partial charge in [-0.2, -0.15) is 5.26 Å². The minimum absolute atomic E-state index is 0.198. The summed E-state index contributed by atoms with van der Waals surface area (Å²) in [5, 5.41) is 12.9. The molecule has 0 saturated heterocycles. The Hall–Kier alpha value is -1.24. The van der Waals surface area contributed by atoms with Crippen molar-refractivity contribution in [2.45, 2.75) is 0 Å². The van der Waals surface area contributed by atoms with Crippen molar-refractivity contribution >= 4 is 6.41 Å². The van der Waals surface area contributed by atoms with E-state index in [9.17, 15) is 0 Å². The van der Waals surface area contributed by atoms with Gasteiger partial charge < -0.3 is 0 Å². The van der Waals surface area contributed by atoms with Crippen LogP contribution >= 0.6 is 0 Å². The maximum atomic E-state index is 9.15. The fraction of sp³-hybridized carbons (Fsp3) is 0. The lowest BCUT2D eigenvalue weighted by molar-refractivity contribution is -0.107. The van der Waals surface area contributed by atoms with Gasteiger partial charge in [0.15, 0.2) is 0 Å². The molecule has 0 rings (SSSR count). The van der Waals surface area contributed by atoms with Gasteiger partial charge in [0, 0.05) is 0 Å². The molecule has 0 fully saturated rings. The maximum absolute atomic E-state index is 9.15. The first-order valence-electron chi connectivity index (χ1n) is 1.14. The van der Waals surface area contributed by atoms with Gasteiger partial charge in [0.2, 0.25) is 6.19 Å². The Bertz CT molecular complexity index is 99.9. The van der Waals surface area contributed by atoms with E-state index in [2.05, 4.69) is 10.2 Å². The normalized spacial score (nSPS) is 7.83. The van der Waals surface area contributed by atoms with Crippen molar-refractivity contribution < 1.29 is 4.79 Å². The monoisotopic (exact) mass is 83.0 g/mol. The molecule has 0 aliphatic rings. The van der Waals surface area contributed by atoms with Crippen LogP contribution in [0.2, 0.25) is 0 Å². The van der Waals surface area contributed by atoms with Crippen LogP contribution in [0.25, 0.3) is 0 Å². The highest BCUT2D eigenvalue weighted by Crippen LogP contribution is 1.58. The zero-order valence-corrected chi connectivity index (χ0v) is 2.83. The van der Waals surface area contributed by atoms with Gasteiger partial charge in [0.05, 0.1) is 0 Å². The zero-order chi connectivity index (χ0) is 4.83. The molecule has 0 aromatic rings. The van der Waals surface area contributed by atoms with E-state index in [1.165, 1.54) is 6.19 Å².